The summed E-state index contributed by atoms with van der Waals surface area (Å²) >= 11 is 6.42. The van der Waals surface area contributed by atoms with Crippen molar-refractivity contribution in [1.82, 2.24) is 9.55 Å². The number of nitrogens with zero attached hydrogens (tertiary/aromatic N) is 4. The Morgan fingerprint density at radius 1 is 0.943 bits per heavy atom. The molecule has 0 unspecified atom stereocenters. The van der Waals surface area contributed by atoms with Crippen LogP contribution in [0.1, 0.15) is 15.9 Å². The van der Waals surface area contributed by atoms with Gasteiger partial charge in [-0.2, -0.15) is 0 Å². The van der Waals surface area contributed by atoms with E-state index in [1.807, 2.05) is 55.5 Å². The van der Waals surface area contributed by atoms with Crippen molar-refractivity contribution < 1.29 is 9.53 Å². The predicted molar refractivity (Wildman–Crippen MR) is 139 cm³/mol. The van der Waals surface area contributed by atoms with E-state index in [9.17, 15) is 9.59 Å². The lowest BCUT2D eigenvalue weighted by molar-refractivity contribution is 0.0601. The van der Waals surface area contributed by atoms with Crippen LogP contribution in [0.25, 0.3) is 16.6 Å². The third kappa shape index (κ3) is 4.35. The number of carbonyl (C=O) groups is 1. The lowest BCUT2D eigenvalue weighted by Gasteiger charge is -2.37. The molecule has 8 heteroatoms. The second-order valence-electron chi connectivity index (χ2n) is 8.54. The van der Waals surface area contributed by atoms with E-state index in [1.54, 1.807) is 22.8 Å². The quantitative estimate of drug-likeness (QED) is 0.395. The summed E-state index contributed by atoms with van der Waals surface area (Å²) in [7, 11) is 1.33. The Morgan fingerprint density at radius 2 is 1.69 bits per heavy atom. The molecule has 5 rings (SSSR count). The molecule has 178 valence electrons. The maximum atomic E-state index is 13.7. The van der Waals surface area contributed by atoms with Crippen molar-refractivity contribution in [2.24, 2.45) is 0 Å². The predicted octanol–water partition coefficient (Wildman–Crippen LogP) is 4.46. The fraction of sp³-hybridized carbons (Fsp3) is 0.222. The zero-order valence-electron chi connectivity index (χ0n) is 19.6. The number of aryl methyl sites for hydroxylation is 1. The van der Waals surface area contributed by atoms with Crippen molar-refractivity contribution in [2.75, 3.05) is 43.1 Å². The van der Waals surface area contributed by atoms with Crippen molar-refractivity contribution >= 4 is 40.1 Å². The highest BCUT2D eigenvalue weighted by molar-refractivity contribution is 6.33. The second kappa shape index (κ2) is 9.43. The van der Waals surface area contributed by atoms with E-state index < -0.39 is 5.97 Å². The highest BCUT2D eigenvalue weighted by Crippen LogP contribution is 2.28. The molecule has 0 saturated carbocycles. The molecule has 0 atom stereocenters. The van der Waals surface area contributed by atoms with Crippen LogP contribution in [0.3, 0.4) is 0 Å². The zero-order chi connectivity index (χ0) is 24.5. The van der Waals surface area contributed by atoms with E-state index in [4.69, 9.17) is 21.3 Å². The number of rotatable bonds is 4. The number of para-hydroxylation sites is 1. The van der Waals surface area contributed by atoms with Gasteiger partial charge in [-0.05, 0) is 55.0 Å². The van der Waals surface area contributed by atoms with Gasteiger partial charge >= 0.3 is 5.97 Å². The minimum absolute atomic E-state index is 0.180. The van der Waals surface area contributed by atoms with E-state index in [0.29, 0.717) is 35.5 Å². The van der Waals surface area contributed by atoms with E-state index in [0.717, 1.165) is 35.1 Å². The molecule has 4 aromatic rings. The highest BCUT2D eigenvalue weighted by Gasteiger charge is 2.24. The van der Waals surface area contributed by atoms with Gasteiger partial charge in [0, 0.05) is 26.2 Å². The molecule has 1 saturated heterocycles. The summed E-state index contributed by atoms with van der Waals surface area (Å²) in [6, 6.07) is 20.5. The fourth-order valence-electron chi connectivity index (χ4n) is 4.49. The number of methoxy groups -OCH3 is 1. The van der Waals surface area contributed by atoms with Crippen molar-refractivity contribution in [3.63, 3.8) is 0 Å². The molecular weight excluding hydrogens is 464 g/mol. The maximum Gasteiger partial charge on any atom is 0.337 e. The molecule has 1 aliphatic heterocycles. The van der Waals surface area contributed by atoms with Gasteiger partial charge < -0.3 is 14.5 Å². The molecule has 1 aliphatic rings. The summed E-state index contributed by atoms with van der Waals surface area (Å²) in [6.07, 6.45) is 0. The summed E-state index contributed by atoms with van der Waals surface area (Å²) in [5.41, 5.74) is 3.44. The minimum Gasteiger partial charge on any atom is -0.465 e. The molecular formula is C27H25ClN4O3. The van der Waals surface area contributed by atoms with Crippen LogP contribution in [0, 0.1) is 6.92 Å². The summed E-state index contributed by atoms with van der Waals surface area (Å²) in [5, 5.41) is 1.16. The number of aromatic nitrogens is 2. The number of anilines is 2. The number of hydrogen-bond donors (Lipinski definition) is 0. The number of piperazine rings is 1. The monoisotopic (exact) mass is 488 g/mol. The van der Waals surface area contributed by atoms with Crippen LogP contribution in [-0.2, 0) is 4.74 Å². The highest BCUT2D eigenvalue weighted by atomic mass is 35.5. The van der Waals surface area contributed by atoms with Gasteiger partial charge in [-0.15, -0.1) is 0 Å². The van der Waals surface area contributed by atoms with Gasteiger partial charge in [0.05, 0.1) is 40.0 Å². The topological polar surface area (TPSA) is 67.7 Å². The van der Waals surface area contributed by atoms with Gasteiger partial charge in [0.15, 0.2) is 0 Å². The summed E-state index contributed by atoms with van der Waals surface area (Å²) in [5.74, 6) is 0.0837. The lowest BCUT2D eigenvalue weighted by Crippen LogP contribution is -2.48. The van der Waals surface area contributed by atoms with Crippen LogP contribution in [0.4, 0.5) is 11.6 Å². The van der Waals surface area contributed by atoms with Crippen molar-refractivity contribution in [1.29, 1.82) is 0 Å². The molecule has 2 heterocycles. The fourth-order valence-corrected chi connectivity index (χ4v) is 4.74. The van der Waals surface area contributed by atoms with Crippen molar-refractivity contribution in [2.45, 2.75) is 6.92 Å². The molecule has 0 amide bonds. The minimum atomic E-state index is -0.466. The Balaban J connectivity index is 1.60. The van der Waals surface area contributed by atoms with Crippen LogP contribution in [0.15, 0.2) is 71.5 Å². The molecule has 0 bridgehead atoms. The number of carbonyl (C=O) groups excluding carboxylic acids is 1. The average Bonchev–Trinajstić information content (AvgIpc) is 2.88. The summed E-state index contributed by atoms with van der Waals surface area (Å²) < 4.78 is 6.52. The number of esters is 1. The van der Waals surface area contributed by atoms with Gasteiger partial charge in [0.1, 0.15) is 0 Å². The smallest absolute Gasteiger partial charge is 0.337 e. The Labute approximate surface area is 208 Å². The summed E-state index contributed by atoms with van der Waals surface area (Å²) in [4.78, 5) is 35.1. The average molecular weight is 489 g/mol. The van der Waals surface area contributed by atoms with Crippen LogP contribution >= 0.6 is 11.6 Å². The van der Waals surface area contributed by atoms with Gasteiger partial charge in [-0.3, -0.25) is 4.79 Å². The first kappa shape index (κ1) is 22.9. The molecule has 0 spiro atoms. The molecule has 0 N–H and O–H groups in total. The lowest BCUT2D eigenvalue weighted by atomic mass is 10.1. The maximum absolute atomic E-state index is 13.7. The Morgan fingerprint density at radius 3 is 2.40 bits per heavy atom. The largest absolute Gasteiger partial charge is 0.465 e. The number of benzene rings is 3. The first-order valence-corrected chi connectivity index (χ1v) is 11.8. The van der Waals surface area contributed by atoms with Gasteiger partial charge in [0.25, 0.3) is 5.56 Å². The number of halogens is 1. The Kier molecular flexibility index (Phi) is 6.17. The van der Waals surface area contributed by atoms with E-state index in [-0.39, 0.29) is 5.56 Å². The third-order valence-electron chi connectivity index (χ3n) is 6.29. The Bertz CT molecular complexity index is 1480. The second-order valence-corrected chi connectivity index (χ2v) is 8.95. The van der Waals surface area contributed by atoms with E-state index in [2.05, 4.69) is 9.80 Å². The van der Waals surface area contributed by atoms with E-state index >= 15 is 0 Å². The van der Waals surface area contributed by atoms with Crippen molar-refractivity contribution in [3.05, 3.63) is 93.2 Å². The van der Waals surface area contributed by atoms with Crippen LogP contribution in [0.2, 0.25) is 5.02 Å². The van der Waals surface area contributed by atoms with Crippen LogP contribution in [-0.4, -0.2) is 48.8 Å². The SMILES string of the molecule is COC(=O)c1ccc2c(=O)n(-c3cccc(C)c3)c(N3CCN(c4ccccc4Cl)CC3)nc2c1. The first-order chi connectivity index (χ1) is 17.0. The molecule has 1 aromatic heterocycles. The third-order valence-corrected chi connectivity index (χ3v) is 6.61. The van der Waals surface area contributed by atoms with Crippen LogP contribution < -0.4 is 15.4 Å². The summed E-state index contributed by atoms with van der Waals surface area (Å²) in [6.45, 7) is 4.77. The van der Waals surface area contributed by atoms with E-state index in [1.165, 1.54) is 7.11 Å². The normalized spacial score (nSPS) is 13.8. The molecule has 1 fully saturated rings. The molecule has 0 aliphatic carbocycles. The Hall–Kier alpha value is -3.84. The van der Waals surface area contributed by atoms with Crippen molar-refractivity contribution in [3.8, 4) is 5.69 Å². The van der Waals surface area contributed by atoms with Gasteiger partial charge in [-0.25, -0.2) is 14.3 Å². The van der Waals surface area contributed by atoms with Crippen LogP contribution in [0.5, 0.6) is 0 Å². The van der Waals surface area contributed by atoms with Gasteiger partial charge in [-0.1, -0.05) is 35.9 Å². The molecule has 3 aromatic carbocycles. The molecule has 35 heavy (non-hydrogen) atoms. The zero-order valence-corrected chi connectivity index (χ0v) is 20.3. The first-order valence-electron chi connectivity index (χ1n) is 11.4. The number of fused-ring (bicyclic) bond motifs is 1. The number of ether oxygens (including phenoxy) is 1. The standard InChI is InChI=1S/C27H25ClN4O3/c1-18-6-5-7-20(16-18)32-25(33)21-11-10-19(26(34)35-2)17-23(21)29-27(32)31-14-12-30(13-15-31)24-9-4-3-8-22(24)28/h3-11,16-17H,12-15H2,1-2H3. The molecule has 7 nitrogen and oxygen atoms in total. The number of hydrogen-bond acceptors (Lipinski definition) is 6. The molecule has 0 radical (unpaired) electrons. The van der Waals surface area contributed by atoms with Gasteiger partial charge in [0.2, 0.25) is 5.95 Å².